The van der Waals surface area contributed by atoms with Crippen LogP contribution in [0.2, 0.25) is 0 Å². The number of amides is 1. The quantitative estimate of drug-likeness (QED) is 0.690. The summed E-state index contributed by atoms with van der Waals surface area (Å²) in [5, 5.41) is 2.90. The summed E-state index contributed by atoms with van der Waals surface area (Å²) in [4.78, 5) is 14.3. The van der Waals surface area contributed by atoms with Gasteiger partial charge in [-0.3, -0.25) is 4.79 Å². The molecule has 2 atom stereocenters. The van der Waals surface area contributed by atoms with E-state index in [0.717, 1.165) is 24.1 Å². The fourth-order valence-corrected chi connectivity index (χ4v) is 2.13. The number of hydrogen-bond acceptors (Lipinski definition) is 4. The van der Waals surface area contributed by atoms with E-state index in [0.29, 0.717) is 13.2 Å². The number of carbonyl (C=O) groups is 1. The molecule has 0 fully saturated rings. The second kappa shape index (κ2) is 13.4. The van der Waals surface area contributed by atoms with Crippen LogP contribution in [0, 0.1) is 6.92 Å². The summed E-state index contributed by atoms with van der Waals surface area (Å²) in [6.07, 6.45) is 0.891. The van der Waals surface area contributed by atoms with Gasteiger partial charge in [-0.25, -0.2) is 0 Å². The Bertz CT molecular complexity index is 456. The number of aryl methyl sites for hydroxylation is 1. The Morgan fingerprint density at radius 3 is 2.33 bits per heavy atom. The van der Waals surface area contributed by atoms with E-state index >= 15 is 0 Å². The molecule has 0 saturated heterocycles. The van der Waals surface area contributed by atoms with Gasteiger partial charge in [0.2, 0.25) is 5.91 Å². The van der Waals surface area contributed by atoms with Gasteiger partial charge in [0.1, 0.15) is 6.04 Å². The zero-order chi connectivity index (χ0) is 16.5. The van der Waals surface area contributed by atoms with Crippen LogP contribution >= 0.6 is 24.8 Å². The van der Waals surface area contributed by atoms with Crippen molar-refractivity contribution in [3.63, 3.8) is 0 Å². The Morgan fingerprint density at radius 2 is 1.83 bits per heavy atom. The average molecular weight is 380 g/mol. The number of ether oxygens (including phenoxy) is 1. The van der Waals surface area contributed by atoms with E-state index in [9.17, 15) is 4.79 Å². The van der Waals surface area contributed by atoms with Crippen LogP contribution in [0.1, 0.15) is 30.5 Å². The van der Waals surface area contributed by atoms with Gasteiger partial charge in [0, 0.05) is 19.7 Å². The third-order valence-electron chi connectivity index (χ3n) is 3.52. The molecule has 0 aliphatic rings. The third-order valence-corrected chi connectivity index (χ3v) is 3.52. The maximum absolute atomic E-state index is 12.2. The van der Waals surface area contributed by atoms with Gasteiger partial charge in [0.05, 0.1) is 6.10 Å². The number of nitrogens with zero attached hydrogens (tertiary/aromatic N) is 1. The van der Waals surface area contributed by atoms with Gasteiger partial charge in [-0.2, -0.15) is 0 Å². The molecule has 0 bridgehead atoms. The molecule has 0 radical (unpaired) electrons. The lowest BCUT2D eigenvalue weighted by molar-refractivity contribution is -0.123. The zero-order valence-corrected chi connectivity index (χ0v) is 16.6. The minimum absolute atomic E-state index is 0. The number of nitrogens with one attached hydrogen (secondary N) is 1. The normalized spacial score (nSPS) is 12.8. The maximum Gasteiger partial charge on any atom is 0.241 e. The highest BCUT2D eigenvalue weighted by molar-refractivity contribution is 5.85. The molecule has 140 valence electrons. The molecule has 0 spiro atoms. The zero-order valence-electron chi connectivity index (χ0n) is 15.0. The Kier molecular flexibility index (Phi) is 14.2. The van der Waals surface area contributed by atoms with Crippen LogP contribution in [-0.4, -0.2) is 50.7 Å². The van der Waals surface area contributed by atoms with E-state index in [4.69, 9.17) is 10.5 Å². The van der Waals surface area contributed by atoms with Gasteiger partial charge in [-0.15, -0.1) is 24.8 Å². The smallest absolute Gasteiger partial charge is 0.241 e. The van der Waals surface area contributed by atoms with Crippen molar-refractivity contribution in [3.8, 4) is 0 Å². The molecule has 0 aromatic heterocycles. The standard InChI is InChI=1S/C17H29N3O2.2ClH/c1-5-22-15(10-11-20(3)4)12-19-17(21)16(18)14-8-6-13(2)7-9-14;;/h6-9,15-16H,5,10-12,18H2,1-4H3,(H,19,21);2*1H. The van der Waals surface area contributed by atoms with Gasteiger partial charge in [-0.05, 0) is 39.9 Å². The first-order valence-corrected chi connectivity index (χ1v) is 7.80. The molecule has 24 heavy (non-hydrogen) atoms. The molecule has 2 unspecified atom stereocenters. The maximum atomic E-state index is 12.2. The van der Waals surface area contributed by atoms with Crippen molar-refractivity contribution in [2.75, 3.05) is 33.8 Å². The lowest BCUT2D eigenvalue weighted by atomic mass is 10.1. The molecule has 7 heteroatoms. The number of rotatable bonds is 9. The number of nitrogens with two attached hydrogens (primary N) is 1. The topological polar surface area (TPSA) is 67.6 Å². The van der Waals surface area contributed by atoms with Crippen molar-refractivity contribution in [1.29, 1.82) is 0 Å². The largest absolute Gasteiger partial charge is 0.377 e. The van der Waals surface area contributed by atoms with Crippen LogP contribution < -0.4 is 11.1 Å². The van der Waals surface area contributed by atoms with Crippen LogP contribution in [0.5, 0.6) is 0 Å². The van der Waals surface area contributed by atoms with Gasteiger partial charge in [0.25, 0.3) is 0 Å². The van der Waals surface area contributed by atoms with Crippen molar-refractivity contribution < 1.29 is 9.53 Å². The van der Waals surface area contributed by atoms with Crippen molar-refractivity contribution in [1.82, 2.24) is 10.2 Å². The highest BCUT2D eigenvalue weighted by Crippen LogP contribution is 2.11. The summed E-state index contributed by atoms with van der Waals surface area (Å²) in [6, 6.07) is 7.07. The first kappa shape index (κ1) is 25.4. The Morgan fingerprint density at radius 1 is 1.25 bits per heavy atom. The van der Waals surface area contributed by atoms with E-state index < -0.39 is 6.04 Å². The van der Waals surface area contributed by atoms with E-state index in [2.05, 4.69) is 10.2 Å². The fraction of sp³-hybridized carbons (Fsp3) is 0.588. The minimum atomic E-state index is -0.642. The summed E-state index contributed by atoms with van der Waals surface area (Å²) in [5.41, 5.74) is 7.98. The van der Waals surface area contributed by atoms with E-state index in [-0.39, 0.29) is 36.8 Å². The molecular formula is C17H31Cl2N3O2. The first-order valence-electron chi connectivity index (χ1n) is 7.80. The van der Waals surface area contributed by atoms with Crippen LogP contribution in [-0.2, 0) is 9.53 Å². The number of carbonyl (C=O) groups excluding carboxylic acids is 1. The predicted octanol–water partition coefficient (Wildman–Crippen LogP) is 2.31. The molecule has 0 saturated carbocycles. The van der Waals surface area contributed by atoms with Gasteiger partial charge in [-0.1, -0.05) is 29.8 Å². The Balaban J connectivity index is 0. The monoisotopic (exact) mass is 379 g/mol. The van der Waals surface area contributed by atoms with Crippen molar-refractivity contribution in [3.05, 3.63) is 35.4 Å². The highest BCUT2D eigenvalue weighted by Gasteiger charge is 2.17. The van der Waals surface area contributed by atoms with Crippen molar-refractivity contribution >= 4 is 30.7 Å². The number of benzene rings is 1. The number of halogens is 2. The molecule has 0 aliphatic carbocycles. The lowest BCUT2D eigenvalue weighted by Crippen LogP contribution is -2.40. The molecule has 0 aliphatic heterocycles. The molecule has 1 amide bonds. The lowest BCUT2D eigenvalue weighted by Gasteiger charge is -2.21. The minimum Gasteiger partial charge on any atom is -0.377 e. The molecule has 1 aromatic carbocycles. The average Bonchev–Trinajstić information content (AvgIpc) is 2.49. The molecular weight excluding hydrogens is 349 g/mol. The summed E-state index contributed by atoms with van der Waals surface area (Å²) in [7, 11) is 4.05. The second-order valence-electron chi connectivity index (χ2n) is 5.80. The first-order chi connectivity index (χ1) is 10.4. The van der Waals surface area contributed by atoms with E-state index in [1.54, 1.807) is 0 Å². The van der Waals surface area contributed by atoms with E-state index in [1.807, 2.05) is 52.2 Å². The van der Waals surface area contributed by atoms with Crippen LogP contribution in [0.15, 0.2) is 24.3 Å². The fourth-order valence-electron chi connectivity index (χ4n) is 2.13. The molecule has 0 heterocycles. The summed E-state index contributed by atoms with van der Waals surface area (Å²) < 4.78 is 5.66. The SMILES string of the molecule is CCOC(CCN(C)C)CNC(=O)C(N)c1ccc(C)cc1.Cl.Cl. The van der Waals surface area contributed by atoms with Crippen molar-refractivity contribution in [2.24, 2.45) is 5.73 Å². The molecule has 1 aromatic rings. The van der Waals surface area contributed by atoms with Crippen molar-refractivity contribution in [2.45, 2.75) is 32.4 Å². The summed E-state index contributed by atoms with van der Waals surface area (Å²) >= 11 is 0. The Labute approximate surface area is 158 Å². The summed E-state index contributed by atoms with van der Waals surface area (Å²) in [6.45, 7) is 6.01. The second-order valence-corrected chi connectivity index (χ2v) is 5.80. The van der Waals surface area contributed by atoms with E-state index in [1.165, 1.54) is 0 Å². The van der Waals surface area contributed by atoms with Crippen LogP contribution in [0.4, 0.5) is 0 Å². The third kappa shape index (κ3) is 9.45. The predicted molar refractivity (Wildman–Crippen MR) is 104 cm³/mol. The number of hydrogen-bond donors (Lipinski definition) is 2. The molecule has 3 N–H and O–H groups in total. The van der Waals surface area contributed by atoms with Gasteiger partial charge < -0.3 is 20.7 Å². The highest BCUT2D eigenvalue weighted by atomic mass is 35.5. The summed E-state index contributed by atoms with van der Waals surface area (Å²) in [5.74, 6) is -0.168. The van der Waals surface area contributed by atoms with Crippen LogP contribution in [0.3, 0.4) is 0 Å². The molecule has 5 nitrogen and oxygen atoms in total. The molecule has 1 rings (SSSR count). The Hall–Kier alpha value is -0.850. The van der Waals surface area contributed by atoms with Gasteiger partial charge >= 0.3 is 0 Å². The van der Waals surface area contributed by atoms with Gasteiger partial charge in [0.15, 0.2) is 0 Å². The van der Waals surface area contributed by atoms with Crippen LogP contribution in [0.25, 0.3) is 0 Å².